The molecular weight excluding hydrogens is 879 g/mol. The van der Waals surface area contributed by atoms with Crippen molar-refractivity contribution < 1.29 is 68.5 Å². The van der Waals surface area contributed by atoms with Gasteiger partial charge in [0.2, 0.25) is 33.4 Å². The number of ether oxygens (including phenoxy) is 2. The first-order valence-electron chi connectivity index (χ1n) is 21.2. The minimum atomic E-state index is -5.22. The summed E-state index contributed by atoms with van der Waals surface area (Å²) in [6.07, 6.45) is -10.2. The van der Waals surface area contributed by atoms with Crippen LogP contribution in [0.5, 0.6) is 11.6 Å². The molecule has 1 aromatic carbocycles. The summed E-state index contributed by atoms with van der Waals surface area (Å²) in [7, 11) is -4.23. The predicted molar refractivity (Wildman–Crippen MR) is 218 cm³/mol. The van der Waals surface area contributed by atoms with Crippen LogP contribution in [-0.2, 0) is 30.6 Å². The molecule has 1 saturated heterocycles. The molecule has 0 radical (unpaired) electrons. The maximum atomic E-state index is 15.2. The van der Waals surface area contributed by atoms with Gasteiger partial charge in [-0.05, 0) is 97.1 Å². The molecular formula is C42H54F6N6O9S. The zero-order chi connectivity index (χ0) is 47.5. The molecule has 0 unspecified atom stereocenters. The number of rotatable bonds is 10. The quantitative estimate of drug-likeness (QED) is 0.168. The smallest absolute Gasteiger partial charge is 0.438 e. The molecule has 2 saturated carbocycles. The number of hydrogen-bond donors (Lipinski definition) is 3. The average molecular weight is 933 g/mol. The molecule has 2 aromatic rings. The molecule has 1 aromatic heterocycles. The van der Waals surface area contributed by atoms with E-state index in [4.69, 9.17) is 9.47 Å². The van der Waals surface area contributed by atoms with Crippen molar-refractivity contribution in [1.29, 1.82) is 0 Å². The van der Waals surface area contributed by atoms with Crippen molar-refractivity contribution in [2.75, 3.05) is 6.54 Å². The molecule has 2 aliphatic carbocycles. The van der Waals surface area contributed by atoms with E-state index in [0.29, 0.717) is 26.7 Å². The minimum Gasteiger partial charge on any atom is -0.491 e. The molecule has 2 aliphatic heterocycles. The van der Waals surface area contributed by atoms with E-state index in [-0.39, 0.29) is 65.8 Å². The molecule has 354 valence electrons. The van der Waals surface area contributed by atoms with Crippen molar-refractivity contribution in [2.24, 2.45) is 17.8 Å². The van der Waals surface area contributed by atoms with Crippen LogP contribution in [0.15, 0.2) is 30.4 Å². The monoisotopic (exact) mass is 932 g/mol. The van der Waals surface area contributed by atoms with Crippen molar-refractivity contribution in [3.05, 3.63) is 36.0 Å². The number of amides is 4. The SMILES string of the molecule is CC[C@@H]1C[C@H](C)CCC=C[C@@H]2C[C@@]2(C(=O)NS(=O)(=O)C2(C)CC2)NC(=O)[C@@H]2C[C@@H](Oc3nc4cc(OC(C)C)ccc4nc3C(F)(F)F)CN2C(=O)[C@H]1N(C(=O)O)C(C)(C)C(F)(F)F. The summed E-state index contributed by atoms with van der Waals surface area (Å²) in [6.45, 7) is 8.72. The number of nitrogens with one attached hydrogen (secondary N) is 2. The van der Waals surface area contributed by atoms with E-state index < -0.39 is 117 Å². The minimum absolute atomic E-state index is 0.00180. The fraction of sp³-hybridized carbons (Fsp3) is 0.667. The van der Waals surface area contributed by atoms with Crippen LogP contribution in [0, 0.1) is 17.8 Å². The lowest BCUT2D eigenvalue weighted by atomic mass is 9.82. The van der Waals surface area contributed by atoms with Gasteiger partial charge in [0, 0.05) is 18.4 Å². The molecule has 0 bridgehead atoms. The molecule has 4 aliphatic rings. The summed E-state index contributed by atoms with van der Waals surface area (Å²) in [5, 5.41) is 13.1. The number of carbonyl (C=O) groups excluding carboxylic acids is 3. The first-order chi connectivity index (χ1) is 29.5. The summed E-state index contributed by atoms with van der Waals surface area (Å²) >= 11 is 0. The predicted octanol–water partition coefficient (Wildman–Crippen LogP) is 6.75. The normalized spacial score (nSPS) is 27.8. The van der Waals surface area contributed by atoms with Crippen molar-refractivity contribution in [1.82, 2.24) is 29.8 Å². The van der Waals surface area contributed by atoms with E-state index in [0.717, 1.165) is 4.90 Å². The second kappa shape index (κ2) is 17.2. The highest BCUT2D eigenvalue weighted by atomic mass is 32.2. The Morgan fingerprint density at radius 2 is 1.75 bits per heavy atom. The first-order valence-corrected chi connectivity index (χ1v) is 22.7. The van der Waals surface area contributed by atoms with E-state index in [1.807, 2.05) is 0 Å². The summed E-state index contributed by atoms with van der Waals surface area (Å²) in [4.78, 5) is 65.5. The zero-order valence-electron chi connectivity index (χ0n) is 36.5. The highest BCUT2D eigenvalue weighted by Crippen LogP contribution is 2.48. The fourth-order valence-corrected chi connectivity index (χ4v) is 9.87. The van der Waals surface area contributed by atoms with Gasteiger partial charge in [-0.25, -0.2) is 23.2 Å². The molecule has 3 N–H and O–H groups in total. The van der Waals surface area contributed by atoms with Gasteiger partial charge in [-0.3, -0.25) is 24.0 Å². The zero-order valence-corrected chi connectivity index (χ0v) is 37.3. The van der Waals surface area contributed by atoms with E-state index in [1.54, 1.807) is 39.8 Å². The Balaban J connectivity index is 1.47. The highest BCUT2D eigenvalue weighted by molar-refractivity contribution is 7.91. The van der Waals surface area contributed by atoms with Gasteiger partial charge >= 0.3 is 18.4 Å². The number of hydrogen-bond acceptors (Lipinski definition) is 10. The maximum Gasteiger partial charge on any atom is 0.438 e. The van der Waals surface area contributed by atoms with Gasteiger partial charge in [-0.15, -0.1) is 0 Å². The van der Waals surface area contributed by atoms with Crippen LogP contribution in [0.4, 0.5) is 31.1 Å². The fourth-order valence-electron chi connectivity index (χ4n) is 8.56. The van der Waals surface area contributed by atoms with Crippen LogP contribution < -0.4 is 19.5 Å². The van der Waals surface area contributed by atoms with Crippen molar-refractivity contribution in [2.45, 2.75) is 152 Å². The number of nitrogens with zero attached hydrogens (tertiary/aromatic N) is 4. The van der Waals surface area contributed by atoms with Crippen molar-refractivity contribution in [3.63, 3.8) is 0 Å². The molecule has 3 fully saturated rings. The second-order valence-corrected chi connectivity index (χ2v) is 20.7. The molecule has 6 rings (SSSR count). The topological polar surface area (TPSA) is 197 Å². The number of alkyl halides is 6. The van der Waals surface area contributed by atoms with Gasteiger partial charge in [-0.2, -0.15) is 26.3 Å². The highest BCUT2D eigenvalue weighted by Gasteiger charge is 2.64. The van der Waals surface area contributed by atoms with Gasteiger partial charge in [0.1, 0.15) is 35.0 Å². The lowest BCUT2D eigenvalue weighted by Crippen LogP contribution is -2.66. The Hall–Kier alpha value is -4.89. The lowest BCUT2D eigenvalue weighted by molar-refractivity contribution is -0.222. The number of carboxylic acid groups (broad SMARTS) is 1. The van der Waals surface area contributed by atoms with E-state index in [2.05, 4.69) is 20.0 Å². The Kier molecular flexibility index (Phi) is 13.0. The third-order valence-corrected chi connectivity index (χ3v) is 15.0. The lowest BCUT2D eigenvalue weighted by Gasteiger charge is -2.46. The summed E-state index contributed by atoms with van der Waals surface area (Å²) in [5.74, 6) is -6.35. The van der Waals surface area contributed by atoms with Gasteiger partial charge in [0.15, 0.2) is 0 Å². The number of aromatic nitrogens is 2. The number of benzene rings is 1. The number of halogens is 6. The van der Waals surface area contributed by atoms with Crippen LogP contribution >= 0.6 is 0 Å². The Bertz CT molecular complexity index is 2300. The third-order valence-electron chi connectivity index (χ3n) is 12.9. The van der Waals surface area contributed by atoms with Gasteiger partial charge in [0.25, 0.3) is 5.91 Å². The number of carbonyl (C=O) groups is 4. The summed E-state index contributed by atoms with van der Waals surface area (Å²) in [6, 6.07) is 0.126. The Morgan fingerprint density at radius 1 is 1.08 bits per heavy atom. The van der Waals surface area contributed by atoms with Gasteiger partial charge in [-0.1, -0.05) is 32.4 Å². The molecule has 7 atom stereocenters. The van der Waals surface area contributed by atoms with E-state index in [9.17, 15) is 54.3 Å². The van der Waals surface area contributed by atoms with Crippen LogP contribution in [0.1, 0.15) is 106 Å². The molecule has 3 heterocycles. The Labute approximate surface area is 366 Å². The third kappa shape index (κ3) is 9.56. The number of allylic oxidation sites excluding steroid dienone is 1. The molecule has 4 amide bonds. The van der Waals surface area contributed by atoms with Crippen LogP contribution in [0.3, 0.4) is 0 Å². The van der Waals surface area contributed by atoms with E-state index >= 15 is 4.79 Å². The standard InChI is InChI=1S/C42H54F6N6O9S/c1-8-24-17-23(4)11-9-10-12-25-20-40(25,36(57)52-64(60,61)39(7)15-16-39)51-33(55)30-19-27(21-53(30)35(56)31(24)54(37(58)59)38(5,6)42(46,47)48)63-34-32(41(43,44)45)49-28-14-13-26(62-22(2)3)18-29(28)50-34/h10,12-14,18,22-25,27,30-31H,8-9,11,15-17,19-21H2,1-7H3,(H,51,55)(H,52,57)(H,58,59)/t23-,24-,25-,27-,30+,31+,40-/m1/s1. The molecule has 15 nitrogen and oxygen atoms in total. The van der Waals surface area contributed by atoms with E-state index in [1.165, 1.54) is 25.1 Å². The summed E-state index contributed by atoms with van der Waals surface area (Å²) in [5.41, 5.74) is -6.88. The molecule has 22 heteroatoms. The van der Waals surface area contributed by atoms with Gasteiger partial charge in [0.05, 0.1) is 28.4 Å². The number of fused-ring (bicyclic) bond motifs is 3. The maximum absolute atomic E-state index is 15.2. The van der Waals surface area contributed by atoms with Crippen LogP contribution in [-0.4, -0.2) is 110 Å². The average Bonchev–Trinajstić information content (AvgIpc) is 4.05. The van der Waals surface area contributed by atoms with Gasteiger partial charge < -0.3 is 24.8 Å². The summed E-state index contributed by atoms with van der Waals surface area (Å²) < 4.78 is 127. The van der Waals surface area contributed by atoms with Crippen molar-refractivity contribution in [3.8, 4) is 11.6 Å². The molecule has 64 heavy (non-hydrogen) atoms. The molecule has 0 spiro atoms. The van der Waals surface area contributed by atoms with Crippen LogP contribution in [0.2, 0.25) is 0 Å². The van der Waals surface area contributed by atoms with Crippen LogP contribution in [0.25, 0.3) is 11.0 Å². The van der Waals surface area contributed by atoms with Crippen molar-refractivity contribution >= 4 is 44.9 Å². The first kappa shape index (κ1) is 48.6. The number of sulfonamides is 1. The largest absolute Gasteiger partial charge is 0.491 e. The second-order valence-electron chi connectivity index (χ2n) is 18.5. The Morgan fingerprint density at radius 3 is 2.33 bits per heavy atom.